The van der Waals surface area contributed by atoms with E-state index < -0.39 is 17.3 Å². The molecule has 0 radical (unpaired) electrons. The highest BCUT2D eigenvalue weighted by atomic mass is 35.5. The molecule has 0 saturated carbocycles. The summed E-state index contributed by atoms with van der Waals surface area (Å²) in [6.45, 7) is 0. The zero-order valence-corrected chi connectivity index (χ0v) is 10.8. The van der Waals surface area contributed by atoms with Crippen molar-refractivity contribution in [2.24, 2.45) is 0 Å². The molecule has 0 spiro atoms. The zero-order chi connectivity index (χ0) is 15.2. The number of rotatable bonds is 1. The van der Waals surface area contributed by atoms with E-state index in [-0.39, 0.29) is 22.1 Å². The minimum Gasteiger partial charge on any atom is -0.296 e. The quantitative estimate of drug-likeness (QED) is 0.698. The first-order chi connectivity index (χ1) is 9.86. The van der Waals surface area contributed by atoms with Crippen LogP contribution in [-0.4, -0.2) is 24.7 Å². The van der Waals surface area contributed by atoms with Crippen molar-refractivity contribution in [2.75, 3.05) is 0 Å². The van der Waals surface area contributed by atoms with E-state index in [1.54, 1.807) is 0 Å². The number of alkyl halides is 3. The molecule has 0 unspecified atom stereocenters. The van der Waals surface area contributed by atoms with Crippen LogP contribution in [0.25, 0.3) is 16.9 Å². The molecule has 0 aliphatic heterocycles. The zero-order valence-electron chi connectivity index (χ0n) is 10.0. The number of H-pyrrole nitrogens is 1. The number of nitrogens with zero attached hydrogens (tertiary/aromatic N) is 4. The van der Waals surface area contributed by atoms with Gasteiger partial charge in [-0.3, -0.25) is 9.78 Å². The average Bonchev–Trinajstić information content (AvgIpc) is 2.82. The van der Waals surface area contributed by atoms with Crippen molar-refractivity contribution < 1.29 is 13.2 Å². The van der Waals surface area contributed by atoms with Crippen LogP contribution in [0.1, 0.15) is 5.56 Å². The second-order valence-electron chi connectivity index (χ2n) is 4.05. The van der Waals surface area contributed by atoms with E-state index in [1.807, 2.05) is 0 Å². The molecule has 6 nitrogen and oxygen atoms in total. The van der Waals surface area contributed by atoms with E-state index in [4.69, 9.17) is 11.6 Å². The molecule has 3 aromatic rings. The van der Waals surface area contributed by atoms with Crippen LogP contribution in [0.5, 0.6) is 0 Å². The highest BCUT2D eigenvalue weighted by Crippen LogP contribution is 2.28. The van der Waals surface area contributed by atoms with E-state index in [0.717, 1.165) is 16.8 Å². The standard InChI is InChI=1S/C11H5ClF3N5O/c12-10-18-8-6(9(21)19-10)4-17-20(8)7-2-1-5(3-16-7)11(13,14)15/h1-4H,(H,18,19,21). The molecule has 0 fully saturated rings. The maximum Gasteiger partial charge on any atom is 0.417 e. The van der Waals surface area contributed by atoms with Crippen molar-refractivity contribution in [2.45, 2.75) is 6.18 Å². The average molecular weight is 316 g/mol. The van der Waals surface area contributed by atoms with Crippen molar-refractivity contribution in [3.63, 3.8) is 0 Å². The molecule has 0 bridgehead atoms. The topological polar surface area (TPSA) is 76.5 Å². The SMILES string of the molecule is O=c1[nH]c(Cl)nc2c1cnn2-c1ccc(C(F)(F)F)cn1. The summed E-state index contributed by atoms with van der Waals surface area (Å²) in [6, 6.07) is 2.00. The molecule has 0 aromatic carbocycles. The van der Waals surface area contributed by atoms with Gasteiger partial charge in [-0.1, -0.05) is 0 Å². The second kappa shape index (κ2) is 4.55. The summed E-state index contributed by atoms with van der Waals surface area (Å²) in [7, 11) is 0. The van der Waals surface area contributed by atoms with Crippen molar-refractivity contribution >= 4 is 22.6 Å². The number of nitrogens with one attached hydrogen (secondary N) is 1. The lowest BCUT2D eigenvalue weighted by atomic mass is 10.3. The molecule has 0 aliphatic rings. The first-order valence-electron chi connectivity index (χ1n) is 5.53. The van der Waals surface area contributed by atoms with Crippen LogP contribution in [0, 0.1) is 0 Å². The largest absolute Gasteiger partial charge is 0.417 e. The van der Waals surface area contributed by atoms with Crippen LogP contribution in [0.3, 0.4) is 0 Å². The molecule has 21 heavy (non-hydrogen) atoms. The monoisotopic (exact) mass is 315 g/mol. The van der Waals surface area contributed by atoms with Gasteiger partial charge < -0.3 is 0 Å². The summed E-state index contributed by atoms with van der Waals surface area (Å²) < 4.78 is 38.6. The first-order valence-corrected chi connectivity index (χ1v) is 5.91. The molecule has 3 rings (SSSR count). The minimum atomic E-state index is -4.48. The van der Waals surface area contributed by atoms with Crippen LogP contribution in [0.4, 0.5) is 13.2 Å². The van der Waals surface area contributed by atoms with E-state index in [9.17, 15) is 18.0 Å². The van der Waals surface area contributed by atoms with Gasteiger partial charge in [-0.2, -0.15) is 27.9 Å². The third kappa shape index (κ3) is 2.35. The smallest absolute Gasteiger partial charge is 0.296 e. The summed E-state index contributed by atoms with van der Waals surface area (Å²) in [6.07, 6.45) is -2.56. The van der Waals surface area contributed by atoms with Gasteiger partial charge in [-0.15, -0.1) is 0 Å². The molecular formula is C11H5ClF3N5O. The Morgan fingerprint density at radius 1 is 1.24 bits per heavy atom. The Balaban J connectivity index is 2.15. The summed E-state index contributed by atoms with van der Waals surface area (Å²) in [5.41, 5.74) is -1.27. The molecule has 0 atom stereocenters. The summed E-state index contributed by atoms with van der Waals surface area (Å²) >= 11 is 5.65. The van der Waals surface area contributed by atoms with E-state index in [2.05, 4.69) is 20.1 Å². The Morgan fingerprint density at radius 2 is 2.00 bits per heavy atom. The van der Waals surface area contributed by atoms with Gasteiger partial charge in [0.25, 0.3) is 5.56 Å². The molecule has 108 valence electrons. The number of hydrogen-bond donors (Lipinski definition) is 1. The highest BCUT2D eigenvalue weighted by molar-refractivity contribution is 6.28. The fourth-order valence-corrected chi connectivity index (χ4v) is 1.90. The van der Waals surface area contributed by atoms with Crippen molar-refractivity contribution in [3.05, 3.63) is 45.7 Å². The molecule has 10 heteroatoms. The molecule has 0 amide bonds. The van der Waals surface area contributed by atoms with Crippen molar-refractivity contribution in [1.29, 1.82) is 0 Å². The lowest BCUT2D eigenvalue weighted by molar-refractivity contribution is -0.137. The van der Waals surface area contributed by atoms with E-state index >= 15 is 0 Å². The van der Waals surface area contributed by atoms with Gasteiger partial charge in [0.1, 0.15) is 5.39 Å². The van der Waals surface area contributed by atoms with Crippen LogP contribution in [0.2, 0.25) is 5.28 Å². The Kier molecular flexibility index (Phi) is 2.94. The van der Waals surface area contributed by atoms with Gasteiger partial charge in [0.2, 0.25) is 5.28 Å². The predicted molar refractivity (Wildman–Crippen MR) is 67.3 cm³/mol. The minimum absolute atomic E-state index is 0.0900. The second-order valence-corrected chi connectivity index (χ2v) is 4.41. The van der Waals surface area contributed by atoms with Gasteiger partial charge >= 0.3 is 6.18 Å². The van der Waals surface area contributed by atoms with Crippen molar-refractivity contribution in [3.8, 4) is 5.82 Å². The maximum absolute atomic E-state index is 12.5. The van der Waals surface area contributed by atoms with Crippen LogP contribution >= 0.6 is 11.6 Å². The van der Waals surface area contributed by atoms with Crippen LogP contribution in [0.15, 0.2) is 29.3 Å². The van der Waals surface area contributed by atoms with Gasteiger partial charge in [-0.25, -0.2) is 4.98 Å². The molecule has 1 N–H and O–H groups in total. The lowest BCUT2D eigenvalue weighted by Crippen LogP contribution is -2.10. The third-order valence-corrected chi connectivity index (χ3v) is 2.88. The molecule has 0 aliphatic carbocycles. The Hall–Kier alpha value is -2.42. The third-order valence-electron chi connectivity index (χ3n) is 2.70. The molecule has 0 saturated heterocycles. The van der Waals surface area contributed by atoms with Gasteiger partial charge in [0.15, 0.2) is 11.5 Å². The highest BCUT2D eigenvalue weighted by Gasteiger charge is 2.30. The van der Waals surface area contributed by atoms with E-state index in [0.29, 0.717) is 6.20 Å². The fourth-order valence-electron chi connectivity index (χ4n) is 1.74. The lowest BCUT2D eigenvalue weighted by Gasteiger charge is -2.07. The number of aromatic nitrogens is 5. The number of halogens is 4. The molecular weight excluding hydrogens is 311 g/mol. The van der Waals surface area contributed by atoms with Gasteiger partial charge in [0.05, 0.1) is 11.8 Å². The molecule has 3 heterocycles. The van der Waals surface area contributed by atoms with Crippen LogP contribution < -0.4 is 5.56 Å². The van der Waals surface area contributed by atoms with Gasteiger partial charge in [-0.05, 0) is 23.7 Å². The first kappa shape index (κ1) is 13.6. The molecule has 3 aromatic heterocycles. The number of fused-ring (bicyclic) bond motifs is 1. The van der Waals surface area contributed by atoms with Crippen LogP contribution in [-0.2, 0) is 6.18 Å². The normalized spacial score (nSPS) is 12.0. The Labute approximate surface area is 119 Å². The number of pyridine rings is 1. The fraction of sp³-hybridized carbons (Fsp3) is 0.0909. The maximum atomic E-state index is 12.5. The van der Waals surface area contributed by atoms with E-state index in [1.165, 1.54) is 6.20 Å². The van der Waals surface area contributed by atoms with Crippen molar-refractivity contribution in [1.82, 2.24) is 24.7 Å². The predicted octanol–water partition coefficient (Wildman–Crippen LogP) is 2.18. The summed E-state index contributed by atoms with van der Waals surface area (Å²) in [5.74, 6) is 0.0900. The Bertz CT molecular complexity index is 868. The number of aromatic amines is 1. The van der Waals surface area contributed by atoms with Gasteiger partial charge in [0, 0.05) is 6.20 Å². The Morgan fingerprint density at radius 3 is 2.62 bits per heavy atom. The summed E-state index contributed by atoms with van der Waals surface area (Å²) in [5, 5.41) is 3.89. The number of hydrogen-bond acceptors (Lipinski definition) is 4. The summed E-state index contributed by atoms with van der Waals surface area (Å²) in [4.78, 5) is 21.5.